The average Bonchev–Trinajstić information content (AvgIpc) is 2.67. The highest BCUT2D eigenvalue weighted by molar-refractivity contribution is 9.10. The lowest BCUT2D eigenvalue weighted by molar-refractivity contribution is 0.0597. The van der Waals surface area contributed by atoms with Gasteiger partial charge in [0.05, 0.1) is 0 Å². The zero-order valence-electron chi connectivity index (χ0n) is 18.8. The van der Waals surface area contributed by atoms with Crippen LogP contribution in [0, 0.1) is 0 Å². The van der Waals surface area contributed by atoms with E-state index in [2.05, 4.69) is 37.8 Å². The van der Waals surface area contributed by atoms with Crippen LogP contribution in [0.5, 0.6) is 0 Å². The van der Waals surface area contributed by atoms with Crippen molar-refractivity contribution in [2.75, 3.05) is 38.1 Å². The van der Waals surface area contributed by atoms with Crippen LogP contribution in [0.15, 0.2) is 39.9 Å². The molecule has 31 heavy (non-hydrogen) atoms. The summed E-state index contributed by atoms with van der Waals surface area (Å²) < 4.78 is 7.66. The molecule has 1 aliphatic rings. The predicted octanol–water partition coefficient (Wildman–Crippen LogP) is 3.36. The molecule has 0 unspecified atom stereocenters. The van der Waals surface area contributed by atoms with E-state index in [-0.39, 0.29) is 11.2 Å². The van der Waals surface area contributed by atoms with Crippen molar-refractivity contribution in [1.82, 2.24) is 19.4 Å². The number of hydrogen-bond donors (Lipinski definition) is 0. The van der Waals surface area contributed by atoms with Gasteiger partial charge in [0.25, 0.3) is 5.56 Å². The Morgan fingerprint density at radius 1 is 1.19 bits per heavy atom. The van der Waals surface area contributed by atoms with Crippen molar-refractivity contribution in [2.45, 2.75) is 32.9 Å². The molecule has 1 amide bonds. The standard InChI is InChI=1S/C22H30BrN5O3/c1-22(2,3)31-21(30)28(18-12-17(23)15-26(5)20(18)29)19-7-6-16(13-24-19)14-27-10-8-25(4)9-11-27/h6-7,12-13,15H,8-11,14H2,1-5H3. The number of carbonyl (C=O) groups is 1. The molecule has 1 fully saturated rings. The highest BCUT2D eigenvalue weighted by Gasteiger charge is 2.28. The maximum Gasteiger partial charge on any atom is 0.420 e. The van der Waals surface area contributed by atoms with Crippen molar-refractivity contribution in [3.05, 3.63) is 51.0 Å². The Bertz CT molecular complexity index is 976. The maximum absolute atomic E-state index is 13.1. The number of pyridine rings is 2. The first-order chi connectivity index (χ1) is 14.5. The van der Waals surface area contributed by atoms with Gasteiger partial charge in [-0.3, -0.25) is 9.69 Å². The molecule has 2 aromatic heterocycles. The van der Waals surface area contributed by atoms with Gasteiger partial charge in [0.15, 0.2) is 0 Å². The van der Waals surface area contributed by atoms with Crippen molar-refractivity contribution >= 4 is 33.5 Å². The van der Waals surface area contributed by atoms with Crippen molar-refractivity contribution < 1.29 is 9.53 Å². The number of halogens is 1. The molecule has 1 aliphatic heterocycles. The minimum atomic E-state index is -0.714. The molecular formula is C22H30BrN5O3. The molecule has 3 rings (SSSR count). The number of piperazine rings is 1. The van der Waals surface area contributed by atoms with Gasteiger partial charge in [0.1, 0.15) is 17.1 Å². The van der Waals surface area contributed by atoms with Crippen LogP contribution in [-0.4, -0.2) is 64.3 Å². The van der Waals surface area contributed by atoms with Crippen molar-refractivity contribution in [3.63, 3.8) is 0 Å². The molecule has 0 bridgehead atoms. The minimum Gasteiger partial charge on any atom is -0.443 e. The summed E-state index contributed by atoms with van der Waals surface area (Å²) in [4.78, 5) is 36.3. The third kappa shape index (κ3) is 6.15. The van der Waals surface area contributed by atoms with E-state index >= 15 is 0 Å². The summed E-state index contributed by atoms with van der Waals surface area (Å²) in [6.07, 6.45) is 2.75. The van der Waals surface area contributed by atoms with Crippen LogP contribution in [0.4, 0.5) is 16.3 Å². The highest BCUT2D eigenvalue weighted by Crippen LogP contribution is 2.26. The Morgan fingerprint density at radius 2 is 1.87 bits per heavy atom. The second-order valence-electron chi connectivity index (χ2n) is 8.88. The van der Waals surface area contributed by atoms with Gasteiger partial charge in [-0.25, -0.2) is 14.7 Å². The molecule has 0 spiro atoms. The number of nitrogens with zero attached hydrogens (tertiary/aromatic N) is 5. The van der Waals surface area contributed by atoms with Gasteiger partial charge in [0, 0.05) is 56.6 Å². The van der Waals surface area contributed by atoms with Crippen molar-refractivity contribution in [3.8, 4) is 0 Å². The van der Waals surface area contributed by atoms with Crippen LogP contribution in [-0.2, 0) is 18.3 Å². The van der Waals surface area contributed by atoms with Crippen LogP contribution in [0.1, 0.15) is 26.3 Å². The molecule has 0 saturated carbocycles. The number of hydrogen-bond acceptors (Lipinski definition) is 6. The smallest absolute Gasteiger partial charge is 0.420 e. The zero-order chi connectivity index (χ0) is 22.8. The molecule has 8 nitrogen and oxygen atoms in total. The lowest BCUT2D eigenvalue weighted by Gasteiger charge is -2.32. The van der Waals surface area contributed by atoms with E-state index in [1.165, 1.54) is 9.47 Å². The summed E-state index contributed by atoms with van der Waals surface area (Å²) in [6, 6.07) is 5.31. The number of ether oxygens (including phenoxy) is 1. The largest absolute Gasteiger partial charge is 0.443 e. The first-order valence-corrected chi connectivity index (χ1v) is 11.1. The third-order valence-corrected chi connectivity index (χ3v) is 5.42. The molecule has 0 radical (unpaired) electrons. The Labute approximate surface area is 191 Å². The second-order valence-corrected chi connectivity index (χ2v) is 9.80. The SMILES string of the molecule is CN1CCN(Cc2ccc(N(C(=O)OC(C)(C)C)c3cc(Br)cn(C)c3=O)nc2)CC1. The highest BCUT2D eigenvalue weighted by atomic mass is 79.9. The fourth-order valence-electron chi connectivity index (χ4n) is 3.34. The summed E-state index contributed by atoms with van der Waals surface area (Å²) in [6.45, 7) is 10.3. The number of aryl methyl sites for hydroxylation is 1. The Morgan fingerprint density at radius 3 is 2.45 bits per heavy atom. The Balaban J connectivity index is 1.91. The molecule has 168 valence electrons. The third-order valence-electron chi connectivity index (χ3n) is 4.99. The Kier molecular flexibility index (Phi) is 7.18. The minimum absolute atomic E-state index is 0.172. The van der Waals surface area contributed by atoms with Gasteiger partial charge in [-0.15, -0.1) is 0 Å². The monoisotopic (exact) mass is 491 g/mol. The molecule has 3 heterocycles. The zero-order valence-corrected chi connectivity index (χ0v) is 20.3. The molecule has 0 aliphatic carbocycles. The first kappa shape index (κ1) is 23.4. The van der Waals surface area contributed by atoms with E-state index < -0.39 is 11.7 Å². The van der Waals surface area contributed by atoms with E-state index in [9.17, 15) is 9.59 Å². The van der Waals surface area contributed by atoms with Gasteiger partial charge >= 0.3 is 6.09 Å². The summed E-state index contributed by atoms with van der Waals surface area (Å²) in [5.41, 5.74) is 0.191. The topological polar surface area (TPSA) is 70.9 Å². The van der Waals surface area contributed by atoms with Crippen LogP contribution in [0.2, 0.25) is 0 Å². The molecule has 9 heteroatoms. The fourth-order valence-corrected chi connectivity index (χ4v) is 3.87. The van der Waals surface area contributed by atoms with Crippen molar-refractivity contribution in [2.24, 2.45) is 7.05 Å². The van der Waals surface area contributed by atoms with E-state index in [1.807, 2.05) is 6.07 Å². The maximum atomic E-state index is 13.1. The predicted molar refractivity (Wildman–Crippen MR) is 125 cm³/mol. The van der Waals surface area contributed by atoms with Gasteiger partial charge < -0.3 is 14.2 Å². The number of rotatable bonds is 4. The molecule has 0 N–H and O–H groups in total. The lowest BCUT2D eigenvalue weighted by atomic mass is 10.2. The Hall–Kier alpha value is -2.23. The second kappa shape index (κ2) is 9.50. The van der Waals surface area contributed by atoms with Crippen LogP contribution in [0.25, 0.3) is 0 Å². The number of likely N-dealkylation sites (N-methyl/N-ethyl adjacent to an activating group) is 1. The van der Waals surface area contributed by atoms with Gasteiger partial charge in [-0.05, 0) is 61.4 Å². The number of aromatic nitrogens is 2. The van der Waals surface area contributed by atoms with E-state index in [0.29, 0.717) is 10.3 Å². The quantitative estimate of drug-likeness (QED) is 0.652. The van der Waals surface area contributed by atoms with E-state index in [4.69, 9.17) is 4.74 Å². The van der Waals surface area contributed by atoms with Gasteiger partial charge in [-0.2, -0.15) is 0 Å². The lowest BCUT2D eigenvalue weighted by Crippen LogP contribution is -2.43. The summed E-state index contributed by atoms with van der Waals surface area (Å²) in [7, 11) is 3.77. The van der Waals surface area contributed by atoms with E-state index in [0.717, 1.165) is 38.3 Å². The van der Waals surface area contributed by atoms with Gasteiger partial charge in [-0.1, -0.05) is 6.07 Å². The summed E-state index contributed by atoms with van der Waals surface area (Å²) in [5, 5.41) is 0. The number of amides is 1. The molecule has 1 saturated heterocycles. The first-order valence-electron chi connectivity index (χ1n) is 10.3. The summed E-state index contributed by atoms with van der Waals surface area (Å²) in [5.74, 6) is 0.339. The van der Waals surface area contributed by atoms with Crippen LogP contribution < -0.4 is 10.5 Å². The number of carbonyl (C=O) groups excluding carboxylic acids is 1. The van der Waals surface area contributed by atoms with E-state index in [1.54, 1.807) is 52.3 Å². The van der Waals surface area contributed by atoms with Crippen LogP contribution in [0.3, 0.4) is 0 Å². The normalized spacial score (nSPS) is 15.7. The molecule has 0 aromatic carbocycles. The number of anilines is 2. The molecule has 0 atom stereocenters. The average molecular weight is 492 g/mol. The van der Waals surface area contributed by atoms with Crippen molar-refractivity contribution in [1.29, 1.82) is 0 Å². The fraction of sp³-hybridized carbons (Fsp3) is 0.500. The molecular weight excluding hydrogens is 462 g/mol. The summed E-state index contributed by atoms with van der Waals surface area (Å²) >= 11 is 3.40. The van der Waals surface area contributed by atoms with Crippen LogP contribution >= 0.6 is 15.9 Å². The molecule has 2 aromatic rings. The van der Waals surface area contributed by atoms with Gasteiger partial charge in [0.2, 0.25) is 0 Å².